The average Bonchev–Trinajstić information content (AvgIpc) is 2.83. The van der Waals surface area contributed by atoms with Crippen molar-refractivity contribution in [3.05, 3.63) is 117 Å². The Kier molecular flexibility index (Phi) is 6.42. The van der Waals surface area contributed by atoms with Crippen molar-refractivity contribution in [2.24, 2.45) is 7.05 Å². The molecule has 0 atom stereocenters. The van der Waals surface area contributed by atoms with Gasteiger partial charge in [0, 0.05) is 42.6 Å². The Balaban J connectivity index is 1.60. The molecule has 4 aromatic rings. The second-order valence-corrected chi connectivity index (χ2v) is 8.15. The number of carboxylic acid groups (broad SMARTS) is 1. The largest absolute Gasteiger partial charge is 0.478 e. The maximum Gasteiger partial charge on any atom is 0.335 e. The highest BCUT2D eigenvalue weighted by atomic mass is 16.4. The SMILES string of the molecule is CCc1ccc(CC#Cc2ccc3c(c2)c(=O)c(Cc2ccc(C(=O)O)cc2)cn3C)cc1. The standard InChI is InChI=1S/C29H25NO3/c1-3-20-7-9-21(10-8-20)5-4-6-22-13-16-27-26(18-22)28(31)25(19-30(27)2)17-23-11-14-24(15-12-23)29(32)33/h7-16,18-19H,3,5,17H2,1-2H3,(H,32,33). The summed E-state index contributed by atoms with van der Waals surface area (Å²) in [5.41, 5.74) is 5.91. The van der Waals surface area contributed by atoms with Crippen LogP contribution in [0.2, 0.25) is 0 Å². The lowest BCUT2D eigenvalue weighted by atomic mass is 10.0. The van der Waals surface area contributed by atoms with E-state index in [1.54, 1.807) is 24.3 Å². The second-order valence-electron chi connectivity index (χ2n) is 8.15. The zero-order valence-corrected chi connectivity index (χ0v) is 18.8. The van der Waals surface area contributed by atoms with E-state index in [1.165, 1.54) is 11.1 Å². The van der Waals surface area contributed by atoms with Crippen LogP contribution in [0.4, 0.5) is 0 Å². The summed E-state index contributed by atoms with van der Waals surface area (Å²) in [5, 5.41) is 9.71. The van der Waals surface area contributed by atoms with E-state index in [-0.39, 0.29) is 11.0 Å². The monoisotopic (exact) mass is 435 g/mol. The molecule has 0 bridgehead atoms. The highest BCUT2D eigenvalue weighted by Gasteiger charge is 2.10. The maximum atomic E-state index is 13.2. The first-order valence-corrected chi connectivity index (χ1v) is 11.0. The fourth-order valence-corrected chi connectivity index (χ4v) is 3.89. The van der Waals surface area contributed by atoms with Crippen LogP contribution < -0.4 is 5.43 Å². The van der Waals surface area contributed by atoms with Crippen molar-refractivity contribution in [2.75, 3.05) is 0 Å². The third kappa shape index (κ3) is 5.05. The van der Waals surface area contributed by atoms with Crippen molar-refractivity contribution in [1.82, 2.24) is 4.57 Å². The zero-order chi connectivity index (χ0) is 23.4. The van der Waals surface area contributed by atoms with Crippen molar-refractivity contribution < 1.29 is 9.90 Å². The Labute approximate surface area is 193 Å². The number of benzene rings is 3. The minimum Gasteiger partial charge on any atom is -0.478 e. The minimum absolute atomic E-state index is 0.0239. The molecule has 0 aliphatic heterocycles. The van der Waals surface area contributed by atoms with Gasteiger partial charge < -0.3 is 9.67 Å². The number of rotatable bonds is 5. The van der Waals surface area contributed by atoms with Crippen molar-refractivity contribution in [1.29, 1.82) is 0 Å². The second kappa shape index (κ2) is 9.58. The van der Waals surface area contributed by atoms with Crippen molar-refractivity contribution in [3.8, 4) is 11.8 Å². The van der Waals surface area contributed by atoms with Gasteiger partial charge >= 0.3 is 5.97 Å². The molecule has 0 aliphatic carbocycles. The number of nitrogens with zero attached hydrogens (tertiary/aromatic N) is 1. The molecular weight excluding hydrogens is 410 g/mol. The van der Waals surface area contributed by atoms with Crippen LogP contribution in [0.25, 0.3) is 10.9 Å². The topological polar surface area (TPSA) is 59.3 Å². The van der Waals surface area contributed by atoms with Crippen molar-refractivity contribution in [2.45, 2.75) is 26.2 Å². The molecule has 164 valence electrons. The van der Waals surface area contributed by atoms with Crippen LogP contribution in [-0.4, -0.2) is 15.6 Å². The first-order chi connectivity index (χ1) is 15.9. The first-order valence-electron chi connectivity index (χ1n) is 11.0. The molecule has 3 aromatic carbocycles. The molecule has 0 unspecified atom stereocenters. The van der Waals surface area contributed by atoms with Gasteiger partial charge in [0.2, 0.25) is 0 Å². The summed E-state index contributed by atoms with van der Waals surface area (Å²) in [6, 6.07) is 20.9. The van der Waals surface area contributed by atoms with E-state index in [0.29, 0.717) is 23.8 Å². The first kappa shape index (κ1) is 22.1. The molecule has 0 saturated heterocycles. The number of aromatic nitrogens is 1. The number of carboxylic acids is 1. The number of pyridine rings is 1. The molecule has 1 aromatic heterocycles. The fourth-order valence-electron chi connectivity index (χ4n) is 3.89. The molecule has 0 radical (unpaired) electrons. The summed E-state index contributed by atoms with van der Waals surface area (Å²) in [4.78, 5) is 24.3. The zero-order valence-electron chi connectivity index (χ0n) is 18.8. The lowest BCUT2D eigenvalue weighted by Crippen LogP contribution is -2.14. The molecule has 0 amide bonds. The lowest BCUT2D eigenvalue weighted by Gasteiger charge is -2.10. The van der Waals surface area contributed by atoms with Gasteiger partial charge in [-0.15, -0.1) is 0 Å². The van der Waals surface area contributed by atoms with E-state index < -0.39 is 5.97 Å². The fraction of sp³-hybridized carbons (Fsp3) is 0.172. The summed E-state index contributed by atoms with van der Waals surface area (Å²) in [6.07, 6.45) is 3.97. The number of hydrogen-bond donors (Lipinski definition) is 1. The highest BCUT2D eigenvalue weighted by Crippen LogP contribution is 2.16. The van der Waals surface area contributed by atoms with E-state index >= 15 is 0 Å². The maximum absolute atomic E-state index is 13.2. The Morgan fingerprint density at radius 3 is 2.27 bits per heavy atom. The Bertz CT molecular complexity index is 1430. The van der Waals surface area contributed by atoms with Gasteiger partial charge in [-0.1, -0.05) is 55.2 Å². The van der Waals surface area contributed by atoms with E-state index in [4.69, 9.17) is 5.11 Å². The molecule has 4 nitrogen and oxygen atoms in total. The molecule has 0 spiro atoms. The smallest absolute Gasteiger partial charge is 0.335 e. The Hall–Kier alpha value is -4.10. The molecule has 33 heavy (non-hydrogen) atoms. The van der Waals surface area contributed by atoms with Crippen LogP contribution in [0.1, 0.15) is 45.1 Å². The van der Waals surface area contributed by atoms with Crippen LogP contribution in [0.5, 0.6) is 0 Å². The summed E-state index contributed by atoms with van der Waals surface area (Å²) >= 11 is 0. The number of hydrogen-bond acceptors (Lipinski definition) is 2. The predicted octanol–water partition coefficient (Wildman–Crippen LogP) is 4.98. The van der Waals surface area contributed by atoms with E-state index in [2.05, 4.69) is 43.0 Å². The highest BCUT2D eigenvalue weighted by molar-refractivity contribution is 5.87. The molecule has 1 N–H and O–H groups in total. The van der Waals surface area contributed by atoms with Gasteiger partial charge in [-0.3, -0.25) is 4.79 Å². The van der Waals surface area contributed by atoms with Gasteiger partial charge in [0.1, 0.15) is 0 Å². The van der Waals surface area contributed by atoms with Crippen LogP contribution in [0, 0.1) is 11.8 Å². The molecule has 1 heterocycles. The normalized spacial score (nSPS) is 10.6. The Morgan fingerprint density at radius 2 is 1.61 bits per heavy atom. The van der Waals surface area contributed by atoms with Gasteiger partial charge in [0.15, 0.2) is 5.43 Å². The Morgan fingerprint density at radius 1 is 0.939 bits per heavy atom. The van der Waals surface area contributed by atoms with Gasteiger partial charge in [0.05, 0.1) is 11.1 Å². The minimum atomic E-state index is -0.963. The van der Waals surface area contributed by atoms with E-state index in [9.17, 15) is 9.59 Å². The van der Waals surface area contributed by atoms with Gasteiger partial charge in [-0.25, -0.2) is 4.79 Å². The molecule has 0 aliphatic rings. The van der Waals surface area contributed by atoms with E-state index in [1.807, 2.05) is 36.0 Å². The van der Waals surface area contributed by atoms with Crippen LogP contribution in [0.3, 0.4) is 0 Å². The van der Waals surface area contributed by atoms with Gasteiger partial charge in [-0.2, -0.15) is 0 Å². The quantitative estimate of drug-likeness (QED) is 0.450. The summed E-state index contributed by atoms with van der Waals surface area (Å²) in [6.45, 7) is 2.14. The summed E-state index contributed by atoms with van der Waals surface area (Å²) in [7, 11) is 1.92. The molecule has 0 saturated carbocycles. The summed E-state index contributed by atoms with van der Waals surface area (Å²) in [5.74, 6) is 5.45. The third-order valence-electron chi connectivity index (χ3n) is 5.81. The number of fused-ring (bicyclic) bond motifs is 1. The van der Waals surface area contributed by atoms with Crippen LogP contribution in [-0.2, 0) is 26.3 Å². The third-order valence-corrected chi connectivity index (χ3v) is 5.81. The molecule has 4 heteroatoms. The van der Waals surface area contributed by atoms with Gasteiger partial charge in [-0.05, 0) is 53.4 Å². The summed E-state index contributed by atoms with van der Waals surface area (Å²) < 4.78 is 1.95. The van der Waals surface area contributed by atoms with E-state index in [0.717, 1.165) is 23.1 Å². The van der Waals surface area contributed by atoms with Crippen LogP contribution >= 0.6 is 0 Å². The van der Waals surface area contributed by atoms with Gasteiger partial charge in [0.25, 0.3) is 0 Å². The average molecular weight is 436 g/mol. The number of carbonyl (C=O) groups is 1. The molecule has 4 rings (SSSR count). The van der Waals surface area contributed by atoms with Crippen molar-refractivity contribution >= 4 is 16.9 Å². The van der Waals surface area contributed by atoms with Crippen LogP contribution in [0.15, 0.2) is 77.7 Å². The number of aromatic carboxylic acids is 1. The molecule has 0 fully saturated rings. The number of aryl methyl sites for hydroxylation is 2. The lowest BCUT2D eigenvalue weighted by molar-refractivity contribution is 0.0697. The predicted molar refractivity (Wildman–Crippen MR) is 132 cm³/mol. The van der Waals surface area contributed by atoms with Crippen molar-refractivity contribution in [3.63, 3.8) is 0 Å². The molecular formula is C29H25NO3.